The smallest absolute Gasteiger partial charge is 0.335 e. The second-order valence-corrected chi connectivity index (χ2v) is 10.2. The highest BCUT2D eigenvalue weighted by Gasteiger charge is 2.17. The number of carbonyl (C=O) groups is 1. The molecule has 0 aliphatic heterocycles. The molecule has 10 heteroatoms. The number of H-pyrrole nitrogens is 1. The van der Waals surface area contributed by atoms with Crippen LogP contribution in [0.5, 0.6) is 5.75 Å². The molecule has 1 aliphatic carbocycles. The van der Waals surface area contributed by atoms with E-state index in [1.165, 1.54) is 27.9 Å². The number of benzene rings is 3. The van der Waals surface area contributed by atoms with Gasteiger partial charge in [-0.15, -0.1) is 10.2 Å². The molecule has 0 saturated heterocycles. The summed E-state index contributed by atoms with van der Waals surface area (Å²) >= 11 is 0. The maximum atomic E-state index is 13.0. The third kappa shape index (κ3) is 8.75. The average molecular weight is 601 g/mol. The zero-order valence-corrected chi connectivity index (χ0v) is 26.3. The molecule has 3 aromatic carbocycles. The van der Waals surface area contributed by atoms with E-state index < -0.39 is 5.97 Å². The zero-order valence-electron chi connectivity index (χ0n) is 26.3. The van der Waals surface area contributed by atoms with Gasteiger partial charge in [0.2, 0.25) is 0 Å². The summed E-state index contributed by atoms with van der Waals surface area (Å²) in [6.45, 7) is 14.5. The molecular weight excluding hydrogens is 556 g/mol. The number of phenols is 1. The number of carboxylic acids is 1. The highest BCUT2D eigenvalue weighted by Crippen LogP contribution is 2.38. The maximum absolute atomic E-state index is 13.0. The number of aryl methyl sites for hydroxylation is 3. The Labute approximate surface area is 258 Å². The fourth-order valence-corrected chi connectivity index (χ4v) is 4.80. The Balaban J connectivity index is 0.000000461. The Morgan fingerprint density at radius 1 is 0.886 bits per heavy atom. The van der Waals surface area contributed by atoms with Gasteiger partial charge in [0.1, 0.15) is 5.69 Å². The van der Waals surface area contributed by atoms with Gasteiger partial charge in [0.25, 0.3) is 5.56 Å². The molecule has 44 heavy (non-hydrogen) atoms. The number of aromatic nitrogens is 2. The highest BCUT2D eigenvalue weighted by atomic mass is 16.4. The van der Waals surface area contributed by atoms with Gasteiger partial charge >= 0.3 is 5.97 Å². The van der Waals surface area contributed by atoms with Crippen LogP contribution in [0, 0.1) is 6.92 Å². The summed E-state index contributed by atoms with van der Waals surface area (Å²) < 4.78 is 1.45. The fourth-order valence-electron chi connectivity index (χ4n) is 4.80. The lowest BCUT2D eigenvalue weighted by Crippen LogP contribution is -2.14. The molecule has 0 radical (unpaired) electrons. The first-order valence-corrected chi connectivity index (χ1v) is 15.2. The molecule has 0 saturated carbocycles. The van der Waals surface area contributed by atoms with Crippen molar-refractivity contribution in [2.24, 2.45) is 10.2 Å². The number of aromatic amines is 1. The van der Waals surface area contributed by atoms with Crippen molar-refractivity contribution in [1.82, 2.24) is 20.4 Å². The molecule has 4 aromatic rings. The average Bonchev–Trinajstić information content (AvgIpc) is 3.61. The van der Waals surface area contributed by atoms with Crippen LogP contribution in [0.2, 0.25) is 0 Å². The van der Waals surface area contributed by atoms with Crippen molar-refractivity contribution in [2.45, 2.75) is 53.9 Å². The van der Waals surface area contributed by atoms with E-state index in [4.69, 9.17) is 0 Å². The lowest BCUT2D eigenvalue weighted by Gasteiger charge is -2.07. The van der Waals surface area contributed by atoms with Gasteiger partial charge in [0.05, 0.1) is 16.9 Å². The second-order valence-electron chi connectivity index (χ2n) is 10.2. The molecule has 1 aromatic heterocycles. The van der Waals surface area contributed by atoms with E-state index in [1.807, 2.05) is 12.1 Å². The highest BCUT2D eigenvalue weighted by molar-refractivity contribution is 5.90. The number of nitrogens with one attached hydrogen (secondary N) is 3. The zero-order chi connectivity index (χ0) is 32.1. The molecule has 5 N–H and O–H groups in total. The van der Waals surface area contributed by atoms with E-state index >= 15 is 0 Å². The number of rotatable bonds is 9. The predicted molar refractivity (Wildman–Crippen MR) is 176 cm³/mol. The molecule has 234 valence electrons. The van der Waals surface area contributed by atoms with Gasteiger partial charge in [-0.3, -0.25) is 9.89 Å². The van der Waals surface area contributed by atoms with E-state index in [1.54, 1.807) is 37.3 Å². The first-order chi connectivity index (χ1) is 21.2. The number of fused-ring (bicyclic) bond motifs is 1. The number of nitrogens with zero attached hydrogens (tertiary/aromatic N) is 3. The lowest BCUT2D eigenvalue weighted by atomic mass is 10.0. The molecular formula is C34H44N6O4. The van der Waals surface area contributed by atoms with Crippen LogP contribution in [0.1, 0.15) is 61.3 Å². The minimum Gasteiger partial charge on any atom is -0.505 e. The Morgan fingerprint density at radius 2 is 1.55 bits per heavy atom. The minimum atomic E-state index is -1.06. The van der Waals surface area contributed by atoms with Gasteiger partial charge in [0, 0.05) is 5.56 Å². The number of aromatic carboxylic acids is 1. The summed E-state index contributed by atoms with van der Waals surface area (Å²) in [6.07, 6.45) is 3.20. The fraction of sp³-hybridized carbons (Fsp3) is 0.353. The number of para-hydroxylation sites is 1. The SMILES string of the molecule is CCNCC.CCNCC.Cc1[nH]n(-c2ccc3c(c2)CCC3)c(=O)c1N=Nc1cccc(-c2cccc(C(=O)O)c2)c1O. The van der Waals surface area contributed by atoms with Crippen molar-refractivity contribution in [3.63, 3.8) is 0 Å². The summed E-state index contributed by atoms with van der Waals surface area (Å²) in [5, 5.41) is 37.6. The van der Waals surface area contributed by atoms with Gasteiger partial charge in [-0.2, -0.15) is 0 Å². The Hall–Kier alpha value is -4.54. The Morgan fingerprint density at radius 3 is 2.18 bits per heavy atom. The summed E-state index contributed by atoms with van der Waals surface area (Å²) in [5.74, 6) is -1.21. The molecule has 0 atom stereocenters. The largest absolute Gasteiger partial charge is 0.505 e. The Kier molecular flexibility index (Phi) is 13.1. The summed E-state index contributed by atoms with van der Waals surface area (Å²) in [7, 11) is 0. The van der Waals surface area contributed by atoms with E-state index in [0.717, 1.165) is 51.1 Å². The van der Waals surface area contributed by atoms with Gasteiger partial charge in [-0.25, -0.2) is 9.48 Å². The lowest BCUT2D eigenvalue weighted by molar-refractivity contribution is 0.0697. The summed E-state index contributed by atoms with van der Waals surface area (Å²) in [5.41, 5.74) is 4.94. The van der Waals surface area contributed by atoms with Crippen molar-refractivity contribution in [3.05, 3.63) is 93.4 Å². The summed E-state index contributed by atoms with van der Waals surface area (Å²) in [6, 6.07) is 17.2. The standard InChI is InChI=1S/C26H22N4O4.2C4H11N/c1-15-23(25(32)30(29-15)20-12-11-16-5-2-6-17(16)14-20)28-27-22-10-4-9-21(24(22)31)18-7-3-8-19(13-18)26(33)34;2*1-3-5-4-2/h3-4,7-14,29,31H,2,5-6H2,1H3,(H,33,34);2*5H,3-4H2,1-2H3. The molecule has 0 bridgehead atoms. The number of azo groups is 1. The van der Waals surface area contributed by atoms with Crippen LogP contribution in [0.4, 0.5) is 11.4 Å². The van der Waals surface area contributed by atoms with Crippen molar-refractivity contribution in [3.8, 4) is 22.6 Å². The third-order valence-corrected chi connectivity index (χ3v) is 7.07. The number of hydrogen-bond acceptors (Lipinski definition) is 7. The molecule has 1 heterocycles. The minimum absolute atomic E-state index is 0.110. The molecule has 1 aliphatic rings. The number of hydrogen-bond donors (Lipinski definition) is 5. The molecule has 5 rings (SSSR count). The van der Waals surface area contributed by atoms with Crippen molar-refractivity contribution < 1.29 is 15.0 Å². The van der Waals surface area contributed by atoms with Gasteiger partial charge in [-0.05, 0) is 99.4 Å². The Bertz CT molecular complexity index is 1610. The van der Waals surface area contributed by atoms with Crippen molar-refractivity contribution in [1.29, 1.82) is 0 Å². The van der Waals surface area contributed by atoms with Crippen LogP contribution in [0.25, 0.3) is 16.8 Å². The van der Waals surface area contributed by atoms with Crippen LogP contribution in [0.3, 0.4) is 0 Å². The predicted octanol–water partition coefficient (Wildman–Crippen LogP) is 6.68. The van der Waals surface area contributed by atoms with Crippen molar-refractivity contribution in [2.75, 3.05) is 26.2 Å². The topological polar surface area (TPSA) is 144 Å². The van der Waals surface area contributed by atoms with Crippen LogP contribution < -0.4 is 16.2 Å². The molecule has 0 amide bonds. The van der Waals surface area contributed by atoms with Crippen LogP contribution in [-0.4, -0.2) is 52.1 Å². The summed E-state index contributed by atoms with van der Waals surface area (Å²) in [4.78, 5) is 24.3. The molecule has 0 unspecified atom stereocenters. The quantitative estimate of drug-likeness (QED) is 0.136. The van der Waals surface area contributed by atoms with Crippen LogP contribution >= 0.6 is 0 Å². The molecule has 10 nitrogen and oxygen atoms in total. The van der Waals surface area contributed by atoms with E-state index in [-0.39, 0.29) is 28.2 Å². The number of carboxylic acid groups (broad SMARTS) is 1. The first kappa shape index (κ1) is 34.0. The normalized spacial score (nSPS) is 11.8. The second kappa shape index (κ2) is 16.9. The third-order valence-electron chi connectivity index (χ3n) is 7.07. The van der Waals surface area contributed by atoms with Gasteiger partial charge in [-0.1, -0.05) is 58.0 Å². The van der Waals surface area contributed by atoms with Gasteiger partial charge in [0.15, 0.2) is 11.4 Å². The maximum Gasteiger partial charge on any atom is 0.335 e. The molecule has 0 fully saturated rings. The number of phenolic OH excluding ortho intramolecular Hbond substituents is 1. The van der Waals surface area contributed by atoms with Crippen LogP contribution in [0.15, 0.2) is 75.7 Å². The van der Waals surface area contributed by atoms with Gasteiger partial charge < -0.3 is 20.8 Å². The van der Waals surface area contributed by atoms with E-state index in [9.17, 15) is 19.8 Å². The van der Waals surface area contributed by atoms with Crippen molar-refractivity contribution >= 4 is 17.3 Å². The van der Waals surface area contributed by atoms with E-state index in [0.29, 0.717) is 16.8 Å². The first-order valence-electron chi connectivity index (χ1n) is 15.2. The molecule has 0 spiro atoms. The van der Waals surface area contributed by atoms with Crippen LogP contribution in [-0.2, 0) is 12.8 Å². The monoisotopic (exact) mass is 600 g/mol. The number of aromatic hydroxyl groups is 1. The van der Waals surface area contributed by atoms with E-state index in [2.05, 4.69) is 59.7 Å².